The predicted octanol–water partition coefficient (Wildman–Crippen LogP) is 6.07. The highest BCUT2D eigenvalue weighted by molar-refractivity contribution is 7.66. The smallest absolute Gasteiger partial charge is 0.317 e. The van der Waals surface area contributed by atoms with Crippen molar-refractivity contribution in [3.05, 3.63) is 0 Å². The van der Waals surface area contributed by atoms with E-state index in [0.29, 0.717) is 31.3 Å². The summed E-state index contributed by atoms with van der Waals surface area (Å²) in [5.41, 5.74) is 0.892. The van der Waals surface area contributed by atoms with Crippen molar-refractivity contribution in [2.24, 2.45) is 23.7 Å². The Balaban J connectivity index is 0.936. The van der Waals surface area contributed by atoms with Crippen molar-refractivity contribution < 1.29 is 42.7 Å². The molecule has 44 heavy (non-hydrogen) atoms. The monoisotopic (exact) mass is 632 g/mol. The second-order valence-corrected chi connectivity index (χ2v) is 18.7. The Morgan fingerprint density at radius 2 is 0.795 bits per heavy atom. The van der Waals surface area contributed by atoms with Gasteiger partial charge in [0.15, 0.2) is 0 Å². The standard InChI is InChI=1S/C34H49O9P/c35-31-27-16-10-22(18-29(27)33(37)42-31)40-20-6-12-25(13-7-20)44(39,24-4-2-1-3-5-24)26-14-8-21(9-15-26)41-23-11-17-28-30(19-23)34(38)43-32(28)36/h20-30H,1-19H2. The zero-order valence-electron chi connectivity index (χ0n) is 25.9. The molecule has 0 spiro atoms. The second-order valence-electron chi connectivity index (χ2n) is 15.0. The molecule has 2 saturated heterocycles. The van der Waals surface area contributed by atoms with Gasteiger partial charge in [0, 0.05) is 17.0 Å². The first-order valence-corrected chi connectivity index (χ1v) is 19.6. The van der Waals surface area contributed by atoms with Crippen molar-refractivity contribution in [1.82, 2.24) is 0 Å². The maximum absolute atomic E-state index is 15.4. The fourth-order valence-electron chi connectivity index (χ4n) is 10.2. The molecule has 2 heterocycles. The lowest BCUT2D eigenvalue weighted by Gasteiger charge is -2.46. The van der Waals surface area contributed by atoms with Crippen molar-refractivity contribution in [2.45, 2.75) is 163 Å². The Bertz CT molecular complexity index is 1090. The van der Waals surface area contributed by atoms with Gasteiger partial charge in [0.25, 0.3) is 0 Å². The molecule has 7 aliphatic rings. The van der Waals surface area contributed by atoms with Crippen LogP contribution in [0.4, 0.5) is 0 Å². The molecule has 0 N–H and O–H groups in total. The Morgan fingerprint density at radius 3 is 1.23 bits per heavy atom. The van der Waals surface area contributed by atoms with Crippen LogP contribution in [0.2, 0.25) is 0 Å². The topological polar surface area (TPSA) is 122 Å². The Kier molecular flexibility index (Phi) is 9.11. The number of ether oxygens (including phenoxy) is 4. The van der Waals surface area contributed by atoms with E-state index in [4.69, 9.17) is 18.9 Å². The predicted molar refractivity (Wildman–Crippen MR) is 160 cm³/mol. The summed E-state index contributed by atoms with van der Waals surface area (Å²) >= 11 is 0. The van der Waals surface area contributed by atoms with Crippen LogP contribution in [0, 0.1) is 23.7 Å². The van der Waals surface area contributed by atoms with Crippen LogP contribution in [0.25, 0.3) is 0 Å². The maximum atomic E-state index is 15.4. The molecule has 7 fully saturated rings. The normalized spacial score (nSPS) is 43.1. The molecule has 0 aromatic heterocycles. The molecule has 0 amide bonds. The Labute approximate surface area is 260 Å². The minimum atomic E-state index is -2.45. The van der Waals surface area contributed by atoms with Crippen LogP contribution in [0.3, 0.4) is 0 Å². The number of hydrogen-bond acceptors (Lipinski definition) is 9. The van der Waals surface area contributed by atoms with Crippen LogP contribution in [-0.4, -0.2) is 65.3 Å². The lowest BCUT2D eigenvalue weighted by atomic mass is 9.79. The van der Waals surface area contributed by atoms with Gasteiger partial charge in [-0.3, -0.25) is 19.2 Å². The lowest BCUT2D eigenvalue weighted by molar-refractivity contribution is -0.155. The molecule has 0 radical (unpaired) electrons. The van der Waals surface area contributed by atoms with Crippen molar-refractivity contribution in [1.29, 1.82) is 0 Å². The fourth-order valence-corrected chi connectivity index (χ4v) is 15.4. The van der Waals surface area contributed by atoms with E-state index in [9.17, 15) is 19.2 Å². The van der Waals surface area contributed by atoms with E-state index >= 15 is 4.57 Å². The van der Waals surface area contributed by atoms with Crippen LogP contribution in [0.5, 0.6) is 0 Å². The molecule has 0 aromatic carbocycles. The third-order valence-corrected chi connectivity index (χ3v) is 17.5. The highest BCUT2D eigenvalue weighted by Crippen LogP contribution is 2.68. The molecule has 7 rings (SSSR count). The number of carbonyl (C=O) groups is 4. The molecule has 5 saturated carbocycles. The highest BCUT2D eigenvalue weighted by atomic mass is 31.2. The molecule has 0 aromatic rings. The number of fused-ring (bicyclic) bond motifs is 2. The van der Waals surface area contributed by atoms with Crippen LogP contribution in [-0.2, 0) is 42.7 Å². The second kappa shape index (κ2) is 12.9. The molecule has 6 unspecified atom stereocenters. The van der Waals surface area contributed by atoms with Crippen LogP contribution in [0.1, 0.15) is 122 Å². The third-order valence-electron chi connectivity index (χ3n) is 12.6. The highest BCUT2D eigenvalue weighted by Gasteiger charge is 2.51. The summed E-state index contributed by atoms with van der Waals surface area (Å²) in [6.07, 6.45) is 17.6. The van der Waals surface area contributed by atoms with Gasteiger partial charge >= 0.3 is 23.9 Å². The Morgan fingerprint density at radius 1 is 0.432 bits per heavy atom. The molecule has 9 nitrogen and oxygen atoms in total. The van der Waals surface area contributed by atoms with Crippen LogP contribution < -0.4 is 0 Å². The van der Waals surface area contributed by atoms with E-state index in [1.54, 1.807) is 0 Å². The SMILES string of the molecule is O=C1OC(=O)C2CC(OC3CCC(P(=O)(C4CCCCC4)C4CCC(OC5CCC6C(=O)OC(=O)C6C5)CC4)CC3)CCC12. The van der Waals surface area contributed by atoms with Gasteiger partial charge in [0.1, 0.15) is 0 Å². The summed E-state index contributed by atoms with van der Waals surface area (Å²) in [7, 11) is -2.45. The van der Waals surface area contributed by atoms with E-state index in [1.165, 1.54) is 19.3 Å². The first-order valence-electron chi connectivity index (χ1n) is 17.7. The number of carbonyl (C=O) groups excluding carboxylic acids is 4. The van der Waals surface area contributed by atoms with Gasteiger partial charge in [-0.15, -0.1) is 0 Å². The van der Waals surface area contributed by atoms with Gasteiger partial charge in [-0.1, -0.05) is 19.3 Å². The largest absolute Gasteiger partial charge is 0.393 e. The van der Waals surface area contributed by atoms with E-state index in [0.717, 1.165) is 77.0 Å². The van der Waals surface area contributed by atoms with Gasteiger partial charge in [0.2, 0.25) is 0 Å². The summed E-state index contributed by atoms with van der Waals surface area (Å²) < 4.78 is 38.2. The summed E-state index contributed by atoms with van der Waals surface area (Å²) in [4.78, 5) is 48.1. The Hall–Kier alpha value is -1.57. The minimum Gasteiger partial charge on any atom is -0.393 e. The average molecular weight is 633 g/mol. The zero-order chi connectivity index (χ0) is 30.4. The van der Waals surface area contributed by atoms with E-state index < -0.39 is 7.14 Å². The summed E-state index contributed by atoms with van der Waals surface area (Å²) in [5, 5.41) is 0. The number of hydrogen-bond donors (Lipinski definition) is 0. The van der Waals surface area contributed by atoms with Crippen molar-refractivity contribution in [3.63, 3.8) is 0 Å². The van der Waals surface area contributed by atoms with Gasteiger partial charge in [0.05, 0.1) is 55.2 Å². The third kappa shape index (κ3) is 5.99. The van der Waals surface area contributed by atoms with Crippen molar-refractivity contribution in [3.8, 4) is 0 Å². The van der Waals surface area contributed by atoms with E-state index in [2.05, 4.69) is 0 Å². The van der Waals surface area contributed by atoms with E-state index in [-0.39, 0.29) is 83.3 Å². The first-order chi connectivity index (χ1) is 21.3. The summed E-state index contributed by atoms with van der Waals surface area (Å²) in [6.45, 7) is 0. The van der Waals surface area contributed by atoms with E-state index in [1.807, 2.05) is 0 Å². The number of rotatable bonds is 7. The summed E-state index contributed by atoms with van der Waals surface area (Å²) in [6, 6.07) is 0. The molecular formula is C34H49O9P. The molecule has 0 bridgehead atoms. The first kappa shape index (κ1) is 31.1. The fraction of sp³-hybridized carbons (Fsp3) is 0.882. The zero-order valence-corrected chi connectivity index (χ0v) is 26.8. The molecule has 5 aliphatic carbocycles. The quantitative estimate of drug-likeness (QED) is 0.187. The van der Waals surface area contributed by atoms with Gasteiger partial charge in [-0.05, 0) is 103 Å². The van der Waals surface area contributed by atoms with Crippen LogP contribution >= 0.6 is 7.14 Å². The van der Waals surface area contributed by atoms with Gasteiger partial charge in [-0.2, -0.15) is 0 Å². The molecular weight excluding hydrogens is 583 g/mol. The average Bonchev–Trinajstić information content (AvgIpc) is 3.49. The van der Waals surface area contributed by atoms with Crippen LogP contribution in [0.15, 0.2) is 0 Å². The minimum absolute atomic E-state index is 0.00784. The van der Waals surface area contributed by atoms with Gasteiger partial charge in [-0.25, -0.2) is 0 Å². The lowest BCUT2D eigenvalue weighted by Crippen LogP contribution is -2.38. The summed E-state index contributed by atoms with van der Waals surface area (Å²) in [5.74, 6) is -2.75. The van der Waals surface area contributed by atoms with Crippen molar-refractivity contribution >= 4 is 31.0 Å². The number of cyclic esters (lactones) is 4. The number of esters is 4. The molecule has 10 heteroatoms. The van der Waals surface area contributed by atoms with Crippen molar-refractivity contribution in [2.75, 3.05) is 0 Å². The van der Waals surface area contributed by atoms with Gasteiger partial charge < -0.3 is 23.5 Å². The molecule has 6 atom stereocenters. The molecule has 244 valence electrons. The molecule has 2 aliphatic heterocycles. The maximum Gasteiger partial charge on any atom is 0.317 e.